The minimum atomic E-state index is 1.13. The molecule has 0 bridgehead atoms. The van der Waals surface area contributed by atoms with E-state index in [2.05, 4.69) is 21.0 Å². The van der Waals surface area contributed by atoms with E-state index in [4.69, 9.17) is 0 Å². The summed E-state index contributed by atoms with van der Waals surface area (Å²) in [5, 5.41) is 6.28. The first-order valence-electron chi connectivity index (χ1n) is 3.83. The highest BCUT2D eigenvalue weighted by molar-refractivity contribution is 7.10. The topological polar surface area (TPSA) is 25.8 Å². The van der Waals surface area contributed by atoms with Crippen molar-refractivity contribution >= 4 is 22.9 Å². The van der Waals surface area contributed by atoms with Gasteiger partial charge < -0.3 is 0 Å². The average Bonchev–Trinajstić information content (AvgIpc) is 2.71. The molecule has 4 heteroatoms. The predicted octanol–water partition coefficient (Wildman–Crippen LogP) is 2.37. The van der Waals surface area contributed by atoms with Gasteiger partial charge >= 0.3 is 0 Å². The molecule has 0 N–H and O–H groups in total. The Kier molecular flexibility index (Phi) is 1.33. The van der Waals surface area contributed by atoms with E-state index in [1.165, 1.54) is 33.3 Å². The van der Waals surface area contributed by atoms with Crippen molar-refractivity contribution in [2.75, 3.05) is 0 Å². The highest BCUT2D eigenvalue weighted by atomic mass is 32.1. The first-order chi connectivity index (χ1) is 5.95. The molecular formula is C8H6N2S2. The Hall–Kier alpha value is -0.740. The lowest BCUT2D eigenvalue weighted by Crippen LogP contribution is -1.97. The number of nitrogens with zero attached hydrogens (tertiary/aromatic N) is 2. The normalized spacial score (nSPS) is 14.0. The van der Waals surface area contributed by atoms with Crippen molar-refractivity contribution < 1.29 is 0 Å². The van der Waals surface area contributed by atoms with E-state index < -0.39 is 0 Å². The molecular weight excluding hydrogens is 188 g/mol. The molecule has 0 atom stereocenters. The Bertz CT molecular complexity index is 376. The molecule has 60 valence electrons. The molecule has 1 aliphatic rings. The molecule has 2 heterocycles. The van der Waals surface area contributed by atoms with Crippen LogP contribution in [0, 0.1) is 0 Å². The number of rotatable bonds is 0. The summed E-state index contributed by atoms with van der Waals surface area (Å²) in [6.45, 7) is 0. The SMILES string of the molecule is c1cc2c(s1)CCc1snnc1-2. The molecule has 0 fully saturated rings. The third-order valence-electron chi connectivity index (χ3n) is 2.14. The second-order valence-electron chi connectivity index (χ2n) is 2.80. The van der Waals surface area contributed by atoms with Crippen LogP contribution in [0.3, 0.4) is 0 Å². The van der Waals surface area contributed by atoms with Crippen molar-refractivity contribution in [2.24, 2.45) is 0 Å². The smallest absolute Gasteiger partial charge is 0.110 e. The summed E-state index contributed by atoms with van der Waals surface area (Å²) in [4.78, 5) is 2.82. The molecule has 12 heavy (non-hydrogen) atoms. The highest BCUT2D eigenvalue weighted by Gasteiger charge is 2.19. The van der Waals surface area contributed by atoms with Gasteiger partial charge in [-0.1, -0.05) is 4.49 Å². The van der Waals surface area contributed by atoms with E-state index in [-0.39, 0.29) is 0 Å². The number of hydrogen-bond donors (Lipinski definition) is 0. The largest absolute Gasteiger partial charge is 0.148 e. The number of fused-ring (bicyclic) bond motifs is 3. The van der Waals surface area contributed by atoms with Crippen LogP contribution in [-0.4, -0.2) is 9.59 Å². The van der Waals surface area contributed by atoms with E-state index in [0.717, 1.165) is 12.1 Å². The van der Waals surface area contributed by atoms with E-state index in [1.807, 2.05) is 11.3 Å². The van der Waals surface area contributed by atoms with Crippen LogP contribution in [-0.2, 0) is 12.8 Å². The van der Waals surface area contributed by atoms with Gasteiger partial charge in [-0.3, -0.25) is 0 Å². The maximum absolute atomic E-state index is 4.15. The standard InChI is InChI=1S/C8H6N2S2/c1-2-7-8(9-10-12-7)5-3-4-11-6(1)5/h3-4H,1-2H2. The summed E-state index contributed by atoms with van der Waals surface area (Å²) < 4.78 is 3.98. The molecule has 2 aromatic rings. The Morgan fingerprint density at radius 3 is 3.17 bits per heavy atom. The molecule has 0 saturated carbocycles. The van der Waals surface area contributed by atoms with Gasteiger partial charge in [0.2, 0.25) is 0 Å². The van der Waals surface area contributed by atoms with Crippen LogP contribution in [0.5, 0.6) is 0 Å². The number of hydrogen-bond acceptors (Lipinski definition) is 4. The first-order valence-corrected chi connectivity index (χ1v) is 5.48. The molecule has 1 aliphatic carbocycles. The summed E-state index contributed by atoms with van der Waals surface area (Å²) in [6.07, 6.45) is 2.30. The molecule has 0 amide bonds. The van der Waals surface area contributed by atoms with E-state index in [9.17, 15) is 0 Å². The van der Waals surface area contributed by atoms with E-state index in [1.54, 1.807) is 0 Å². The van der Waals surface area contributed by atoms with Gasteiger partial charge in [-0.05, 0) is 35.8 Å². The zero-order chi connectivity index (χ0) is 7.97. The van der Waals surface area contributed by atoms with Crippen LogP contribution in [0.2, 0.25) is 0 Å². The van der Waals surface area contributed by atoms with Crippen LogP contribution in [0.15, 0.2) is 11.4 Å². The molecule has 0 saturated heterocycles. The number of aryl methyl sites for hydroxylation is 2. The van der Waals surface area contributed by atoms with Crippen molar-refractivity contribution in [1.82, 2.24) is 9.59 Å². The Morgan fingerprint density at radius 2 is 2.17 bits per heavy atom. The van der Waals surface area contributed by atoms with E-state index >= 15 is 0 Å². The van der Waals surface area contributed by atoms with Crippen molar-refractivity contribution in [2.45, 2.75) is 12.8 Å². The lowest BCUT2D eigenvalue weighted by molar-refractivity contribution is 0.973. The van der Waals surface area contributed by atoms with Crippen molar-refractivity contribution in [3.8, 4) is 11.3 Å². The van der Waals surface area contributed by atoms with Gasteiger partial charge in [-0.15, -0.1) is 16.4 Å². The summed E-state index contributed by atoms with van der Waals surface area (Å²) in [5.41, 5.74) is 2.44. The second-order valence-corrected chi connectivity index (χ2v) is 4.64. The molecule has 0 radical (unpaired) electrons. The van der Waals surface area contributed by atoms with Crippen LogP contribution in [0.1, 0.15) is 9.75 Å². The fraction of sp³-hybridized carbons (Fsp3) is 0.250. The summed E-state index contributed by atoms with van der Waals surface area (Å²) in [5.74, 6) is 0. The monoisotopic (exact) mass is 194 g/mol. The van der Waals surface area contributed by atoms with Gasteiger partial charge in [0, 0.05) is 10.4 Å². The van der Waals surface area contributed by atoms with Gasteiger partial charge in [0.05, 0.1) is 4.88 Å². The fourth-order valence-corrected chi connectivity index (χ4v) is 3.08. The van der Waals surface area contributed by atoms with E-state index in [0.29, 0.717) is 0 Å². The third kappa shape index (κ3) is 0.791. The Labute approximate surface area is 78.0 Å². The minimum absolute atomic E-state index is 1.13. The lowest BCUT2D eigenvalue weighted by atomic mass is 10.0. The first kappa shape index (κ1) is 6.74. The number of aromatic nitrogens is 2. The van der Waals surface area contributed by atoms with Crippen LogP contribution < -0.4 is 0 Å². The van der Waals surface area contributed by atoms with Crippen molar-refractivity contribution in [3.63, 3.8) is 0 Å². The molecule has 0 unspecified atom stereocenters. The van der Waals surface area contributed by atoms with Crippen molar-refractivity contribution in [1.29, 1.82) is 0 Å². The summed E-state index contributed by atoms with van der Waals surface area (Å²) in [7, 11) is 0. The van der Waals surface area contributed by atoms with Crippen molar-refractivity contribution in [3.05, 3.63) is 21.2 Å². The number of thiophene rings is 1. The summed E-state index contributed by atoms with van der Waals surface area (Å²) in [6, 6.07) is 2.15. The lowest BCUT2D eigenvalue weighted by Gasteiger charge is -2.07. The second kappa shape index (κ2) is 2.37. The van der Waals surface area contributed by atoms with Crippen LogP contribution >= 0.6 is 22.9 Å². The summed E-state index contributed by atoms with van der Waals surface area (Å²) >= 11 is 3.37. The molecule has 2 aromatic heterocycles. The van der Waals surface area contributed by atoms with Gasteiger partial charge in [0.15, 0.2) is 0 Å². The maximum atomic E-state index is 4.15. The Balaban J connectivity index is 2.32. The maximum Gasteiger partial charge on any atom is 0.110 e. The quantitative estimate of drug-likeness (QED) is 0.643. The van der Waals surface area contributed by atoms with Gasteiger partial charge in [-0.25, -0.2) is 0 Å². The Morgan fingerprint density at radius 1 is 1.25 bits per heavy atom. The average molecular weight is 194 g/mol. The highest BCUT2D eigenvalue weighted by Crippen LogP contribution is 2.36. The zero-order valence-corrected chi connectivity index (χ0v) is 7.91. The van der Waals surface area contributed by atoms with Gasteiger partial charge in [-0.2, -0.15) is 0 Å². The predicted molar refractivity (Wildman–Crippen MR) is 50.6 cm³/mol. The fourth-order valence-electron chi connectivity index (χ4n) is 1.55. The minimum Gasteiger partial charge on any atom is -0.148 e. The molecule has 0 aliphatic heterocycles. The van der Waals surface area contributed by atoms with Gasteiger partial charge in [0.25, 0.3) is 0 Å². The molecule has 0 aromatic carbocycles. The van der Waals surface area contributed by atoms with Crippen LogP contribution in [0.4, 0.5) is 0 Å². The zero-order valence-electron chi connectivity index (χ0n) is 6.28. The van der Waals surface area contributed by atoms with Crippen LogP contribution in [0.25, 0.3) is 11.3 Å². The third-order valence-corrected chi connectivity index (χ3v) is 3.90. The van der Waals surface area contributed by atoms with Gasteiger partial charge in [0.1, 0.15) is 5.69 Å². The molecule has 0 spiro atoms. The molecule has 2 nitrogen and oxygen atoms in total. The molecule has 3 rings (SSSR count).